The quantitative estimate of drug-likeness (QED) is 0.873. The standard InChI is InChI=1S/C19H26N2O4S/c1-12-8-16(21-11-17(25-19(21)23)10-20-14(3)22)9-13(2)18(12)15-4-6-26(24)7-5-15/h8-9,15,17H,4-7,10-11H2,1-3H3,(H,20,22). The van der Waals surface area contributed by atoms with E-state index >= 15 is 0 Å². The maximum atomic E-state index is 12.2. The van der Waals surface area contributed by atoms with E-state index < -0.39 is 10.8 Å². The normalized spacial score (nSPS) is 25.9. The molecular formula is C19H26N2O4S. The van der Waals surface area contributed by atoms with E-state index in [0.717, 1.165) is 41.2 Å². The second-order valence-electron chi connectivity index (χ2n) is 7.17. The predicted molar refractivity (Wildman–Crippen MR) is 102 cm³/mol. The first-order chi connectivity index (χ1) is 12.3. The Kier molecular flexibility index (Phi) is 5.65. The van der Waals surface area contributed by atoms with Crippen LogP contribution in [0.1, 0.15) is 42.4 Å². The monoisotopic (exact) mass is 378 g/mol. The molecule has 7 heteroatoms. The number of nitrogens with one attached hydrogen (secondary N) is 1. The van der Waals surface area contributed by atoms with E-state index in [9.17, 15) is 13.8 Å². The van der Waals surface area contributed by atoms with Crippen LogP contribution < -0.4 is 10.2 Å². The van der Waals surface area contributed by atoms with Gasteiger partial charge in [0, 0.05) is 34.9 Å². The summed E-state index contributed by atoms with van der Waals surface area (Å²) in [5.41, 5.74) is 4.48. The maximum Gasteiger partial charge on any atom is 0.414 e. The minimum Gasteiger partial charge on any atom is -0.442 e. The molecule has 1 unspecified atom stereocenters. The molecule has 0 saturated carbocycles. The van der Waals surface area contributed by atoms with Crippen molar-refractivity contribution in [3.05, 3.63) is 28.8 Å². The molecule has 2 heterocycles. The van der Waals surface area contributed by atoms with Crippen molar-refractivity contribution < 1.29 is 18.5 Å². The van der Waals surface area contributed by atoms with E-state index in [-0.39, 0.29) is 18.1 Å². The predicted octanol–water partition coefficient (Wildman–Crippen LogP) is 2.39. The Morgan fingerprint density at radius 2 is 1.88 bits per heavy atom. The van der Waals surface area contributed by atoms with Crippen LogP contribution in [-0.4, -0.2) is 46.9 Å². The number of anilines is 1. The van der Waals surface area contributed by atoms with Crippen molar-refractivity contribution in [2.75, 3.05) is 29.5 Å². The molecule has 0 aromatic heterocycles. The van der Waals surface area contributed by atoms with Gasteiger partial charge in [-0.2, -0.15) is 0 Å². The Morgan fingerprint density at radius 3 is 2.46 bits per heavy atom. The van der Waals surface area contributed by atoms with Crippen LogP contribution in [0.5, 0.6) is 0 Å². The van der Waals surface area contributed by atoms with Crippen LogP contribution in [-0.2, 0) is 20.3 Å². The van der Waals surface area contributed by atoms with Gasteiger partial charge < -0.3 is 10.1 Å². The third-order valence-corrected chi connectivity index (χ3v) is 6.52. The number of cyclic esters (lactones) is 1. The molecule has 1 aromatic carbocycles. The summed E-state index contributed by atoms with van der Waals surface area (Å²) in [4.78, 5) is 24.9. The number of amides is 2. The number of aryl methyl sites for hydroxylation is 2. The molecule has 142 valence electrons. The Balaban J connectivity index is 1.76. The molecule has 2 amide bonds. The van der Waals surface area contributed by atoms with E-state index in [2.05, 4.69) is 19.2 Å². The zero-order valence-electron chi connectivity index (χ0n) is 15.5. The average Bonchev–Trinajstić information content (AvgIpc) is 2.95. The van der Waals surface area contributed by atoms with Crippen molar-refractivity contribution in [1.29, 1.82) is 0 Å². The Bertz CT molecular complexity index is 716. The lowest BCUT2D eigenvalue weighted by Gasteiger charge is -2.26. The van der Waals surface area contributed by atoms with E-state index in [0.29, 0.717) is 19.0 Å². The molecular weight excluding hydrogens is 352 g/mol. The third-order valence-electron chi connectivity index (χ3n) is 5.14. The molecule has 3 rings (SSSR count). The van der Waals surface area contributed by atoms with Gasteiger partial charge in [-0.05, 0) is 61.4 Å². The fraction of sp³-hybridized carbons (Fsp3) is 0.579. The number of hydrogen-bond acceptors (Lipinski definition) is 4. The average molecular weight is 378 g/mol. The molecule has 0 radical (unpaired) electrons. The molecule has 0 bridgehead atoms. The summed E-state index contributed by atoms with van der Waals surface area (Å²) in [7, 11) is -0.668. The van der Waals surface area contributed by atoms with Crippen molar-refractivity contribution in [2.24, 2.45) is 0 Å². The molecule has 1 aromatic rings. The van der Waals surface area contributed by atoms with Gasteiger partial charge in [-0.1, -0.05) is 0 Å². The zero-order chi connectivity index (χ0) is 18.8. The number of ether oxygens (including phenoxy) is 1. The first-order valence-electron chi connectivity index (χ1n) is 9.04. The molecule has 6 nitrogen and oxygen atoms in total. The fourth-order valence-electron chi connectivity index (χ4n) is 3.93. The molecule has 26 heavy (non-hydrogen) atoms. The van der Waals surface area contributed by atoms with Crippen molar-refractivity contribution in [3.8, 4) is 0 Å². The van der Waals surface area contributed by atoms with E-state index in [1.807, 2.05) is 12.1 Å². The summed E-state index contributed by atoms with van der Waals surface area (Å²) in [6, 6.07) is 4.08. The third kappa shape index (κ3) is 4.09. The van der Waals surface area contributed by atoms with Gasteiger partial charge in [0.25, 0.3) is 0 Å². The second kappa shape index (κ2) is 7.78. The number of nitrogens with zero attached hydrogens (tertiary/aromatic N) is 1. The molecule has 2 saturated heterocycles. The molecule has 2 fully saturated rings. The van der Waals surface area contributed by atoms with E-state index in [1.54, 1.807) is 4.90 Å². The lowest BCUT2D eigenvalue weighted by molar-refractivity contribution is -0.119. The highest BCUT2D eigenvalue weighted by Gasteiger charge is 2.33. The number of carbonyl (C=O) groups is 2. The summed E-state index contributed by atoms with van der Waals surface area (Å²) in [6.45, 7) is 6.36. The van der Waals surface area contributed by atoms with Crippen molar-refractivity contribution in [2.45, 2.75) is 45.6 Å². The molecule has 1 N–H and O–H groups in total. The van der Waals surface area contributed by atoms with Crippen LogP contribution in [0.25, 0.3) is 0 Å². The highest BCUT2D eigenvalue weighted by Crippen LogP contribution is 2.35. The van der Waals surface area contributed by atoms with Gasteiger partial charge in [-0.3, -0.25) is 13.9 Å². The van der Waals surface area contributed by atoms with Gasteiger partial charge in [-0.25, -0.2) is 4.79 Å². The maximum absolute atomic E-state index is 12.2. The van der Waals surface area contributed by atoms with Crippen LogP contribution in [0.2, 0.25) is 0 Å². The fourth-order valence-corrected chi connectivity index (χ4v) is 5.23. The van der Waals surface area contributed by atoms with Gasteiger partial charge in [0.05, 0.1) is 13.1 Å². The second-order valence-corrected chi connectivity index (χ2v) is 8.87. The van der Waals surface area contributed by atoms with Crippen molar-refractivity contribution >= 4 is 28.5 Å². The molecule has 0 aliphatic carbocycles. The Labute approximate surface area is 156 Å². The largest absolute Gasteiger partial charge is 0.442 e. The van der Waals surface area contributed by atoms with Gasteiger partial charge in [-0.15, -0.1) is 0 Å². The van der Waals surface area contributed by atoms with Crippen LogP contribution in [0.4, 0.5) is 10.5 Å². The van der Waals surface area contributed by atoms with E-state index in [4.69, 9.17) is 4.74 Å². The highest BCUT2D eigenvalue weighted by molar-refractivity contribution is 7.85. The van der Waals surface area contributed by atoms with Crippen LogP contribution in [0, 0.1) is 13.8 Å². The van der Waals surface area contributed by atoms with Crippen molar-refractivity contribution in [3.63, 3.8) is 0 Å². The molecule has 2 aliphatic rings. The van der Waals surface area contributed by atoms with E-state index in [1.165, 1.54) is 12.5 Å². The topological polar surface area (TPSA) is 75.7 Å². The molecule has 2 aliphatic heterocycles. The number of carbonyl (C=O) groups excluding carboxylic acids is 2. The minimum absolute atomic E-state index is 0.135. The number of benzene rings is 1. The van der Waals surface area contributed by atoms with Gasteiger partial charge in [0.15, 0.2) is 0 Å². The lowest BCUT2D eigenvalue weighted by atomic mass is 9.86. The number of rotatable bonds is 4. The van der Waals surface area contributed by atoms with Gasteiger partial charge >= 0.3 is 6.09 Å². The zero-order valence-corrected chi connectivity index (χ0v) is 16.4. The molecule has 0 spiro atoms. The van der Waals surface area contributed by atoms with Crippen LogP contribution in [0.3, 0.4) is 0 Å². The Hall–Kier alpha value is -1.89. The number of hydrogen-bond donors (Lipinski definition) is 1. The summed E-state index contributed by atoms with van der Waals surface area (Å²) >= 11 is 0. The summed E-state index contributed by atoms with van der Waals surface area (Å²) in [6.07, 6.45) is 1.20. The highest BCUT2D eigenvalue weighted by atomic mass is 32.2. The smallest absolute Gasteiger partial charge is 0.414 e. The first kappa shape index (κ1) is 18.9. The van der Waals surface area contributed by atoms with Crippen molar-refractivity contribution in [1.82, 2.24) is 5.32 Å². The summed E-state index contributed by atoms with van der Waals surface area (Å²) in [5, 5.41) is 2.69. The first-order valence-corrected chi connectivity index (χ1v) is 10.5. The van der Waals surface area contributed by atoms with Crippen LogP contribution in [0.15, 0.2) is 12.1 Å². The minimum atomic E-state index is -0.668. The van der Waals surface area contributed by atoms with Crippen LogP contribution >= 0.6 is 0 Å². The Morgan fingerprint density at radius 1 is 1.27 bits per heavy atom. The van der Waals surface area contributed by atoms with Gasteiger partial charge in [0.1, 0.15) is 6.10 Å². The summed E-state index contributed by atoms with van der Waals surface area (Å²) < 4.78 is 17.0. The molecule has 1 atom stereocenters. The lowest BCUT2D eigenvalue weighted by Crippen LogP contribution is -2.33. The van der Waals surface area contributed by atoms with Gasteiger partial charge in [0.2, 0.25) is 5.91 Å². The SMILES string of the molecule is CC(=O)NCC1CN(c2cc(C)c(C3CCS(=O)CC3)c(C)c2)C(=O)O1. The summed E-state index contributed by atoms with van der Waals surface area (Å²) in [5.74, 6) is 1.85.